The van der Waals surface area contributed by atoms with Crippen LogP contribution in [0, 0.1) is 0 Å². The summed E-state index contributed by atoms with van der Waals surface area (Å²) in [4.78, 5) is 25.7. The molecule has 0 unspecified atom stereocenters. The van der Waals surface area contributed by atoms with Crippen LogP contribution in [0.1, 0.15) is 27.9 Å². The highest BCUT2D eigenvalue weighted by Gasteiger charge is 2.24. The molecule has 0 saturated heterocycles. The minimum atomic E-state index is -0.370. The van der Waals surface area contributed by atoms with Crippen molar-refractivity contribution in [2.24, 2.45) is 0 Å². The van der Waals surface area contributed by atoms with Gasteiger partial charge in [-0.1, -0.05) is 18.2 Å². The summed E-state index contributed by atoms with van der Waals surface area (Å²) in [5, 5.41) is 0. The van der Waals surface area contributed by atoms with Crippen LogP contribution in [0.15, 0.2) is 42.5 Å². The maximum absolute atomic E-state index is 12.4. The molecule has 0 saturated carbocycles. The van der Waals surface area contributed by atoms with Crippen LogP contribution in [-0.2, 0) is 22.5 Å². The number of ether oxygens (including phenoxy) is 2. The molecular formula is C19H19NO4. The number of amides is 1. The number of hydrogen-bond acceptors (Lipinski definition) is 4. The molecule has 0 atom stereocenters. The number of esters is 1. The van der Waals surface area contributed by atoms with Crippen molar-refractivity contribution in [1.29, 1.82) is 0 Å². The number of rotatable bonds is 4. The number of fused-ring (bicyclic) bond motifs is 1. The van der Waals surface area contributed by atoms with E-state index in [-0.39, 0.29) is 11.9 Å². The fourth-order valence-corrected chi connectivity index (χ4v) is 2.86. The summed E-state index contributed by atoms with van der Waals surface area (Å²) in [6.07, 6.45) is 1.25. The van der Waals surface area contributed by atoms with E-state index in [1.807, 2.05) is 30.3 Å². The van der Waals surface area contributed by atoms with Crippen LogP contribution in [0.3, 0.4) is 0 Å². The van der Waals surface area contributed by atoms with Crippen molar-refractivity contribution in [2.75, 3.05) is 19.1 Å². The van der Waals surface area contributed by atoms with Gasteiger partial charge in [-0.05, 0) is 35.7 Å². The molecule has 1 aliphatic rings. The molecule has 0 radical (unpaired) electrons. The molecule has 124 valence electrons. The van der Waals surface area contributed by atoms with Gasteiger partial charge in [-0.15, -0.1) is 0 Å². The number of aryl methyl sites for hydroxylation is 1. The van der Waals surface area contributed by atoms with E-state index in [0.717, 1.165) is 29.0 Å². The first-order valence-electron chi connectivity index (χ1n) is 7.77. The quantitative estimate of drug-likeness (QED) is 0.811. The normalized spacial score (nSPS) is 13.4. The first kappa shape index (κ1) is 16.1. The van der Waals surface area contributed by atoms with Gasteiger partial charge in [0, 0.05) is 12.5 Å². The number of benzene rings is 2. The number of anilines is 1. The molecule has 1 amide bonds. The van der Waals surface area contributed by atoms with Crippen LogP contribution in [0.4, 0.5) is 5.69 Å². The Morgan fingerprint density at radius 3 is 2.50 bits per heavy atom. The van der Waals surface area contributed by atoms with Crippen molar-refractivity contribution >= 4 is 17.6 Å². The van der Waals surface area contributed by atoms with Crippen LogP contribution in [0.5, 0.6) is 5.75 Å². The molecule has 0 fully saturated rings. The molecule has 1 aliphatic heterocycles. The van der Waals surface area contributed by atoms with E-state index in [9.17, 15) is 9.59 Å². The van der Waals surface area contributed by atoms with E-state index in [1.165, 1.54) is 7.11 Å². The molecule has 2 aromatic carbocycles. The number of carbonyl (C=O) groups excluding carboxylic acids is 2. The summed E-state index contributed by atoms with van der Waals surface area (Å²) in [5.41, 5.74) is 3.48. The lowest BCUT2D eigenvalue weighted by Crippen LogP contribution is -2.34. The Hall–Kier alpha value is -2.82. The Labute approximate surface area is 140 Å². The summed E-state index contributed by atoms with van der Waals surface area (Å²) in [7, 11) is 2.97. The SMILES string of the molecule is COC(=O)c1ccc(CN2C(=O)CCc3ccc(OC)cc32)cc1. The van der Waals surface area contributed by atoms with Gasteiger partial charge in [0.2, 0.25) is 5.91 Å². The molecule has 2 aromatic rings. The van der Waals surface area contributed by atoms with E-state index in [2.05, 4.69) is 0 Å². The average Bonchev–Trinajstić information content (AvgIpc) is 2.63. The third-order valence-electron chi connectivity index (χ3n) is 4.21. The van der Waals surface area contributed by atoms with Gasteiger partial charge in [0.25, 0.3) is 0 Å². The summed E-state index contributed by atoms with van der Waals surface area (Å²) in [5.74, 6) is 0.452. The highest BCUT2D eigenvalue weighted by molar-refractivity contribution is 5.96. The van der Waals surface area contributed by atoms with Gasteiger partial charge in [-0.3, -0.25) is 4.79 Å². The Kier molecular flexibility index (Phi) is 4.51. The van der Waals surface area contributed by atoms with Gasteiger partial charge >= 0.3 is 5.97 Å². The lowest BCUT2D eigenvalue weighted by Gasteiger charge is -2.30. The fraction of sp³-hybridized carbons (Fsp3) is 0.263. The molecule has 0 bridgehead atoms. The van der Waals surface area contributed by atoms with Crippen molar-refractivity contribution in [3.8, 4) is 5.75 Å². The smallest absolute Gasteiger partial charge is 0.337 e. The van der Waals surface area contributed by atoms with Crippen molar-refractivity contribution in [2.45, 2.75) is 19.4 Å². The largest absolute Gasteiger partial charge is 0.497 e. The highest BCUT2D eigenvalue weighted by atomic mass is 16.5. The molecule has 0 aliphatic carbocycles. The van der Waals surface area contributed by atoms with E-state index in [4.69, 9.17) is 9.47 Å². The summed E-state index contributed by atoms with van der Waals surface area (Å²) in [6, 6.07) is 12.9. The van der Waals surface area contributed by atoms with Gasteiger partial charge in [-0.25, -0.2) is 4.79 Å². The molecular weight excluding hydrogens is 306 g/mol. The Bertz CT molecular complexity index is 767. The summed E-state index contributed by atoms with van der Waals surface area (Å²) >= 11 is 0. The second-order valence-electron chi connectivity index (χ2n) is 5.66. The third kappa shape index (κ3) is 3.11. The molecule has 0 aromatic heterocycles. The minimum Gasteiger partial charge on any atom is -0.497 e. The van der Waals surface area contributed by atoms with Gasteiger partial charge < -0.3 is 14.4 Å². The number of hydrogen-bond donors (Lipinski definition) is 0. The lowest BCUT2D eigenvalue weighted by atomic mass is 10.00. The zero-order chi connectivity index (χ0) is 17.1. The molecule has 24 heavy (non-hydrogen) atoms. The Morgan fingerprint density at radius 2 is 1.83 bits per heavy atom. The molecule has 5 nitrogen and oxygen atoms in total. The number of methoxy groups -OCH3 is 2. The molecule has 1 heterocycles. The Balaban J connectivity index is 1.87. The highest BCUT2D eigenvalue weighted by Crippen LogP contribution is 2.32. The van der Waals surface area contributed by atoms with E-state index >= 15 is 0 Å². The maximum atomic E-state index is 12.4. The summed E-state index contributed by atoms with van der Waals surface area (Å²) in [6.45, 7) is 0.459. The van der Waals surface area contributed by atoms with Crippen molar-refractivity contribution in [1.82, 2.24) is 0 Å². The zero-order valence-corrected chi connectivity index (χ0v) is 13.7. The van der Waals surface area contributed by atoms with E-state index in [0.29, 0.717) is 18.5 Å². The molecule has 0 spiro atoms. The topological polar surface area (TPSA) is 55.8 Å². The Morgan fingerprint density at radius 1 is 1.08 bits per heavy atom. The van der Waals surface area contributed by atoms with Crippen LogP contribution < -0.4 is 9.64 Å². The summed E-state index contributed by atoms with van der Waals surface area (Å²) < 4.78 is 9.98. The second kappa shape index (κ2) is 6.74. The minimum absolute atomic E-state index is 0.0906. The van der Waals surface area contributed by atoms with Crippen molar-refractivity contribution in [3.63, 3.8) is 0 Å². The van der Waals surface area contributed by atoms with Crippen LogP contribution in [0.2, 0.25) is 0 Å². The fourth-order valence-electron chi connectivity index (χ4n) is 2.86. The average molecular weight is 325 g/mol. The first-order chi connectivity index (χ1) is 11.6. The molecule has 0 N–H and O–H groups in total. The van der Waals surface area contributed by atoms with Crippen LogP contribution in [0.25, 0.3) is 0 Å². The number of nitrogens with zero attached hydrogens (tertiary/aromatic N) is 1. The standard InChI is InChI=1S/C19H19NO4/c1-23-16-9-7-14-8-10-18(21)20(17(14)11-16)12-13-3-5-15(6-4-13)19(22)24-2/h3-7,9,11H,8,10,12H2,1-2H3. The predicted octanol–water partition coefficient (Wildman–Crippen LogP) is 2.96. The van der Waals surface area contributed by atoms with Gasteiger partial charge in [-0.2, -0.15) is 0 Å². The molecule has 3 rings (SSSR count). The van der Waals surface area contributed by atoms with E-state index in [1.54, 1.807) is 24.1 Å². The second-order valence-corrected chi connectivity index (χ2v) is 5.66. The van der Waals surface area contributed by atoms with Crippen molar-refractivity contribution < 1.29 is 19.1 Å². The van der Waals surface area contributed by atoms with Crippen molar-refractivity contribution in [3.05, 3.63) is 59.2 Å². The molecule has 5 heteroatoms. The van der Waals surface area contributed by atoms with Gasteiger partial charge in [0.05, 0.1) is 32.0 Å². The predicted molar refractivity (Wildman–Crippen MR) is 90.3 cm³/mol. The van der Waals surface area contributed by atoms with Gasteiger partial charge in [0.15, 0.2) is 0 Å². The first-order valence-corrected chi connectivity index (χ1v) is 7.77. The third-order valence-corrected chi connectivity index (χ3v) is 4.21. The van der Waals surface area contributed by atoms with E-state index < -0.39 is 0 Å². The lowest BCUT2D eigenvalue weighted by molar-refractivity contribution is -0.119. The van der Waals surface area contributed by atoms with Crippen LogP contribution in [-0.4, -0.2) is 26.1 Å². The monoisotopic (exact) mass is 325 g/mol. The van der Waals surface area contributed by atoms with Gasteiger partial charge in [0.1, 0.15) is 5.75 Å². The zero-order valence-electron chi connectivity index (χ0n) is 13.7. The number of carbonyl (C=O) groups is 2. The maximum Gasteiger partial charge on any atom is 0.337 e. The van der Waals surface area contributed by atoms with Crippen LogP contribution >= 0.6 is 0 Å².